The Morgan fingerprint density at radius 1 is 1.00 bits per heavy atom. The normalized spacial score (nSPS) is 33.2. The van der Waals surface area contributed by atoms with Crippen LogP contribution in [0, 0.1) is 5.41 Å². The molecule has 1 rings (SSSR count). The molecule has 1 unspecified atom stereocenters. The first-order chi connectivity index (χ1) is 8.12. The maximum absolute atomic E-state index is 6.84. The van der Waals surface area contributed by atoms with E-state index in [0.717, 1.165) is 0 Å². The van der Waals surface area contributed by atoms with Gasteiger partial charge in [0.25, 0.3) is 0 Å². The molecular weight excluding hydrogens is 280 g/mol. The van der Waals surface area contributed by atoms with Crippen LogP contribution in [0.5, 0.6) is 0 Å². The Kier molecular flexibility index (Phi) is 4.48. The van der Waals surface area contributed by atoms with Gasteiger partial charge in [-0.15, -0.1) is 0 Å². The van der Waals surface area contributed by atoms with Gasteiger partial charge in [-0.25, -0.2) is 0 Å². The predicted molar refractivity (Wildman–Crippen MR) is 95.4 cm³/mol. The molecule has 1 nitrogen and oxygen atoms in total. The van der Waals surface area contributed by atoms with Crippen molar-refractivity contribution in [3.8, 4) is 0 Å². The van der Waals surface area contributed by atoms with Crippen molar-refractivity contribution in [2.75, 3.05) is 0 Å². The van der Waals surface area contributed by atoms with Crippen molar-refractivity contribution in [2.24, 2.45) is 5.41 Å². The molecule has 0 bridgehead atoms. The minimum Gasteiger partial charge on any atom is -0.415 e. The Labute approximate surface area is 124 Å². The molecule has 1 atom stereocenters. The highest BCUT2D eigenvalue weighted by Gasteiger charge is 2.62. The molecule has 0 saturated carbocycles. The molecule has 0 aliphatic carbocycles. The molecule has 0 aromatic carbocycles. The van der Waals surface area contributed by atoms with Gasteiger partial charge in [-0.3, -0.25) is 0 Å². The van der Waals surface area contributed by atoms with Crippen LogP contribution in [-0.4, -0.2) is 28.1 Å². The molecule has 1 fully saturated rings. The quantitative estimate of drug-likeness (QED) is 0.621. The van der Waals surface area contributed by atoms with E-state index in [-0.39, 0.29) is 5.60 Å². The zero-order valence-corrected chi connectivity index (χ0v) is 18.0. The zero-order chi connectivity index (χ0) is 15.3. The van der Waals surface area contributed by atoms with E-state index >= 15 is 0 Å². The first kappa shape index (κ1) is 17.7. The van der Waals surface area contributed by atoms with Gasteiger partial charge in [0.2, 0.25) is 0 Å². The first-order valence-electron chi connectivity index (χ1n) is 7.82. The molecule has 0 aromatic heterocycles. The van der Waals surface area contributed by atoms with Crippen molar-refractivity contribution in [1.82, 2.24) is 0 Å². The van der Waals surface area contributed by atoms with E-state index in [1.807, 2.05) is 0 Å². The number of hydrogen-bond donors (Lipinski definition) is 0. The molecule has 0 spiro atoms. The largest absolute Gasteiger partial charge is 0.415 e. The van der Waals surface area contributed by atoms with Gasteiger partial charge in [0.05, 0.1) is 7.11 Å². The van der Waals surface area contributed by atoms with Crippen LogP contribution in [0.15, 0.2) is 0 Å². The summed E-state index contributed by atoms with van der Waals surface area (Å²) in [5.41, 5.74) is 0.578. The monoisotopic (exact) mass is 316 g/mol. The fourth-order valence-corrected chi connectivity index (χ4v) is 37.5. The van der Waals surface area contributed by atoms with Crippen molar-refractivity contribution >= 4 is 22.5 Å². The van der Waals surface area contributed by atoms with Crippen LogP contribution < -0.4 is 0 Å². The van der Waals surface area contributed by atoms with E-state index in [1.54, 1.807) is 0 Å². The molecule has 0 N–H and O–H groups in total. The van der Waals surface area contributed by atoms with Gasteiger partial charge in [0.15, 0.2) is 7.83 Å². The predicted octanol–water partition coefficient (Wildman–Crippen LogP) is 5.38. The maximum atomic E-state index is 6.84. The Morgan fingerprint density at radius 2 is 1.47 bits per heavy atom. The number of rotatable bonds is 2. The van der Waals surface area contributed by atoms with Gasteiger partial charge >= 0.3 is 0 Å². The third-order valence-electron chi connectivity index (χ3n) is 5.74. The Balaban J connectivity index is 3.07. The smallest absolute Gasteiger partial charge is 0.174 e. The molecule has 0 radical (unpaired) electrons. The molecular formula is C15H36OSi3. The SMILES string of the molecule is CC(C)(C)CC[Si]1(C)OC(C)(C)C[Si](C)(C)[Si]1(C)C. The minimum absolute atomic E-state index is 0.136. The fraction of sp³-hybridized carbons (Fsp3) is 1.00. The van der Waals surface area contributed by atoms with Crippen LogP contribution in [0.25, 0.3) is 0 Å². The molecule has 1 heterocycles. The lowest BCUT2D eigenvalue weighted by Gasteiger charge is -2.59. The van der Waals surface area contributed by atoms with Crippen LogP contribution in [0.1, 0.15) is 41.0 Å². The van der Waals surface area contributed by atoms with Crippen molar-refractivity contribution in [3.05, 3.63) is 0 Å². The Bertz CT molecular complexity index is 342. The topological polar surface area (TPSA) is 9.23 Å². The summed E-state index contributed by atoms with van der Waals surface area (Å²) in [6.07, 6.45) is 1.33. The van der Waals surface area contributed by atoms with Crippen LogP contribution in [0.3, 0.4) is 0 Å². The third kappa shape index (κ3) is 3.63. The second-order valence-electron chi connectivity index (χ2n) is 9.84. The van der Waals surface area contributed by atoms with Gasteiger partial charge < -0.3 is 4.43 Å². The van der Waals surface area contributed by atoms with E-state index in [2.05, 4.69) is 67.4 Å². The fourth-order valence-electron chi connectivity index (χ4n) is 3.75. The summed E-state index contributed by atoms with van der Waals surface area (Å²) in [6.45, 7) is 25.0. The zero-order valence-electron chi connectivity index (χ0n) is 15.0. The second-order valence-corrected chi connectivity index (χ2v) is 36.6. The summed E-state index contributed by atoms with van der Waals surface area (Å²) in [6, 6.07) is 2.73. The van der Waals surface area contributed by atoms with E-state index in [0.29, 0.717) is 5.41 Å². The summed E-state index contributed by atoms with van der Waals surface area (Å²) < 4.78 is 6.84. The van der Waals surface area contributed by atoms with Gasteiger partial charge in [-0.1, -0.05) is 47.0 Å². The lowest BCUT2D eigenvalue weighted by Crippen LogP contribution is -2.78. The summed E-state index contributed by atoms with van der Waals surface area (Å²) in [5.74, 6) is 0. The molecule has 0 amide bonds. The summed E-state index contributed by atoms with van der Waals surface area (Å²) in [4.78, 5) is 0. The molecule has 0 aromatic rings. The van der Waals surface area contributed by atoms with E-state index < -0.39 is 22.5 Å². The third-order valence-corrected chi connectivity index (χ3v) is 46.2. The Hall–Kier alpha value is 0.611. The molecule has 1 aliphatic rings. The van der Waals surface area contributed by atoms with E-state index in [1.165, 1.54) is 18.5 Å². The lowest BCUT2D eigenvalue weighted by atomic mass is 9.94. The highest BCUT2D eigenvalue weighted by Crippen LogP contribution is 2.46. The summed E-state index contributed by atoms with van der Waals surface area (Å²) >= 11 is 0. The van der Waals surface area contributed by atoms with Gasteiger partial charge in [-0.05, 0) is 44.3 Å². The average Bonchev–Trinajstić information content (AvgIpc) is 2.08. The molecule has 1 saturated heterocycles. The molecule has 1 aliphatic heterocycles. The lowest BCUT2D eigenvalue weighted by molar-refractivity contribution is 0.119. The summed E-state index contributed by atoms with van der Waals surface area (Å²) in [7, 11) is -3.86. The molecule has 4 heteroatoms. The average molecular weight is 317 g/mol. The minimum atomic E-state index is -1.54. The highest BCUT2D eigenvalue weighted by atomic mass is 29.6. The van der Waals surface area contributed by atoms with E-state index in [9.17, 15) is 0 Å². The van der Waals surface area contributed by atoms with Crippen LogP contribution in [-0.2, 0) is 4.43 Å². The molecule has 114 valence electrons. The summed E-state index contributed by atoms with van der Waals surface area (Å²) in [5, 5.41) is 0. The van der Waals surface area contributed by atoms with Gasteiger partial charge in [0, 0.05) is 13.2 Å². The van der Waals surface area contributed by atoms with Crippen molar-refractivity contribution in [3.63, 3.8) is 0 Å². The van der Waals surface area contributed by atoms with Crippen LogP contribution in [0.4, 0.5) is 0 Å². The van der Waals surface area contributed by atoms with Crippen molar-refractivity contribution < 1.29 is 4.43 Å². The first-order valence-corrected chi connectivity index (χ1v) is 18.6. The van der Waals surface area contributed by atoms with Gasteiger partial charge in [0.1, 0.15) is 0 Å². The van der Waals surface area contributed by atoms with E-state index in [4.69, 9.17) is 4.43 Å². The standard InChI is InChI=1S/C15H36OSi3/c1-14(2,3)11-12-19(10)16-15(4,5)13-17(6,7)18(19,8)9/h11-13H2,1-10H3. The highest BCUT2D eigenvalue weighted by molar-refractivity contribution is 7.67. The van der Waals surface area contributed by atoms with Crippen molar-refractivity contribution in [1.29, 1.82) is 0 Å². The Morgan fingerprint density at radius 3 is 1.89 bits per heavy atom. The van der Waals surface area contributed by atoms with Gasteiger partial charge in [-0.2, -0.15) is 0 Å². The van der Waals surface area contributed by atoms with Crippen LogP contribution in [0.2, 0.25) is 44.8 Å². The van der Waals surface area contributed by atoms with Crippen LogP contribution >= 0.6 is 0 Å². The maximum Gasteiger partial charge on any atom is 0.174 e. The van der Waals surface area contributed by atoms with Crippen molar-refractivity contribution in [2.45, 2.75) is 91.5 Å². The molecule has 19 heavy (non-hydrogen) atoms. The number of hydrogen-bond acceptors (Lipinski definition) is 1. The second kappa shape index (κ2) is 4.82.